The maximum absolute atomic E-state index is 11.9. The number of aryl methyl sites for hydroxylation is 1. The summed E-state index contributed by atoms with van der Waals surface area (Å²) in [5.41, 5.74) is 0. The van der Waals surface area contributed by atoms with Gasteiger partial charge in [-0.05, 0) is 24.3 Å². The molecule has 1 aromatic carbocycles. The van der Waals surface area contributed by atoms with Gasteiger partial charge in [0.05, 0.1) is 4.90 Å². The molecule has 0 aliphatic rings. The summed E-state index contributed by atoms with van der Waals surface area (Å²) in [6.45, 7) is 1.89. The molecule has 2 aromatic rings. The highest BCUT2D eigenvalue weighted by Gasteiger charge is 2.13. The maximum Gasteiger partial charge on any atom is 0.240 e. The van der Waals surface area contributed by atoms with Crippen LogP contribution in [0.5, 0.6) is 0 Å². The second-order valence-corrected chi connectivity index (χ2v) is 6.50. The van der Waals surface area contributed by atoms with E-state index in [1.54, 1.807) is 19.1 Å². The average molecular weight is 346 g/mol. The number of halogens is 1. The molecule has 0 unspecified atom stereocenters. The van der Waals surface area contributed by atoms with Gasteiger partial charge in [0, 0.05) is 24.4 Å². The summed E-state index contributed by atoms with van der Waals surface area (Å²) >= 11 is 3.25. The lowest BCUT2D eigenvalue weighted by molar-refractivity contribution is 0.466. The first-order chi connectivity index (χ1) is 8.97. The van der Waals surface area contributed by atoms with Gasteiger partial charge in [0.15, 0.2) is 0 Å². The van der Waals surface area contributed by atoms with Crippen molar-refractivity contribution in [3.63, 3.8) is 0 Å². The lowest BCUT2D eigenvalue weighted by Gasteiger charge is -2.05. The van der Waals surface area contributed by atoms with Crippen LogP contribution in [-0.2, 0) is 16.4 Å². The molecule has 0 amide bonds. The molecule has 0 spiro atoms. The molecule has 0 aliphatic heterocycles. The van der Waals surface area contributed by atoms with Crippen molar-refractivity contribution in [3.8, 4) is 0 Å². The zero-order valence-corrected chi connectivity index (χ0v) is 12.5. The monoisotopic (exact) mass is 345 g/mol. The first kappa shape index (κ1) is 14.2. The molecule has 102 valence electrons. The van der Waals surface area contributed by atoms with Gasteiger partial charge in [0.25, 0.3) is 0 Å². The molecule has 6 nitrogen and oxygen atoms in total. The largest absolute Gasteiger partial charge is 0.426 e. The van der Waals surface area contributed by atoms with Crippen LogP contribution in [0.2, 0.25) is 0 Å². The van der Waals surface area contributed by atoms with Crippen molar-refractivity contribution in [2.24, 2.45) is 0 Å². The minimum absolute atomic E-state index is 0.208. The molecule has 1 heterocycles. The number of sulfonamides is 1. The van der Waals surface area contributed by atoms with E-state index in [0.717, 1.165) is 4.47 Å². The van der Waals surface area contributed by atoms with Gasteiger partial charge < -0.3 is 4.42 Å². The molecule has 1 N–H and O–H groups in total. The van der Waals surface area contributed by atoms with Crippen LogP contribution >= 0.6 is 15.9 Å². The Bertz CT molecular complexity index is 652. The smallest absolute Gasteiger partial charge is 0.240 e. The van der Waals surface area contributed by atoms with Crippen molar-refractivity contribution in [1.82, 2.24) is 14.9 Å². The molecule has 8 heteroatoms. The molecular formula is C11H12BrN3O3S. The molecular weight excluding hydrogens is 334 g/mol. The Hall–Kier alpha value is -1.25. The van der Waals surface area contributed by atoms with Gasteiger partial charge in [-0.15, -0.1) is 10.2 Å². The van der Waals surface area contributed by atoms with Crippen LogP contribution < -0.4 is 4.72 Å². The minimum atomic E-state index is -3.50. The summed E-state index contributed by atoms with van der Waals surface area (Å²) in [6.07, 6.45) is 0.358. The maximum atomic E-state index is 11.9. The van der Waals surface area contributed by atoms with E-state index in [4.69, 9.17) is 4.42 Å². The van der Waals surface area contributed by atoms with Gasteiger partial charge in [-0.2, -0.15) is 0 Å². The molecule has 0 saturated carbocycles. The number of aromatic nitrogens is 2. The third-order valence-corrected chi connectivity index (χ3v) is 4.33. The summed E-state index contributed by atoms with van der Waals surface area (Å²) < 4.78 is 32.4. The van der Waals surface area contributed by atoms with Crippen molar-refractivity contribution >= 4 is 26.0 Å². The van der Waals surface area contributed by atoms with Crippen LogP contribution in [0.3, 0.4) is 0 Å². The van der Waals surface area contributed by atoms with E-state index in [-0.39, 0.29) is 11.4 Å². The fourth-order valence-electron chi connectivity index (χ4n) is 1.43. The number of nitrogens with one attached hydrogen (secondary N) is 1. The number of benzene rings is 1. The predicted octanol–water partition coefficient (Wildman–Crippen LogP) is 1.66. The normalized spacial score (nSPS) is 11.7. The Morgan fingerprint density at radius 2 is 1.95 bits per heavy atom. The Kier molecular flexibility index (Phi) is 4.33. The minimum Gasteiger partial charge on any atom is -0.426 e. The predicted molar refractivity (Wildman–Crippen MR) is 72.1 cm³/mol. The van der Waals surface area contributed by atoms with Crippen LogP contribution in [0, 0.1) is 6.92 Å². The summed E-state index contributed by atoms with van der Waals surface area (Å²) in [6, 6.07) is 6.42. The zero-order chi connectivity index (χ0) is 13.9. The topological polar surface area (TPSA) is 85.1 Å². The van der Waals surface area contributed by atoms with E-state index in [1.807, 2.05) is 0 Å². The summed E-state index contributed by atoms with van der Waals surface area (Å²) in [4.78, 5) is 0.220. The molecule has 19 heavy (non-hydrogen) atoms. The standard InChI is InChI=1S/C11H12BrN3O3S/c1-8-14-15-11(18-8)6-7-13-19(16,17)10-4-2-9(12)3-5-10/h2-5,13H,6-7H2,1H3. The second kappa shape index (κ2) is 5.81. The van der Waals surface area contributed by atoms with Gasteiger partial charge in [0.2, 0.25) is 21.8 Å². The van der Waals surface area contributed by atoms with Crippen molar-refractivity contribution in [3.05, 3.63) is 40.5 Å². The van der Waals surface area contributed by atoms with E-state index < -0.39 is 10.0 Å². The summed E-state index contributed by atoms with van der Waals surface area (Å²) in [5, 5.41) is 7.46. The van der Waals surface area contributed by atoms with Crippen LogP contribution in [0.15, 0.2) is 38.1 Å². The van der Waals surface area contributed by atoms with E-state index >= 15 is 0 Å². The first-order valence-corrected chi connectivity index (χ1v) is 7.79. The lowest BCUT2D eigenvalue weighted by Crippen LogP contribution is -2.26. The average Bonchev–Trinajstić information content (AvgIpc) is 2.75. The Balaban J connectivity index is 1.96. The van der Waals surface area contributed by atoms with E-state index in [9.17, 15) is 8.42 Å². The van der Waals surface area contributed by atoms with Crippen molar-refractivity contribution in [2.75, 3.05) is 6.54 Å². The van der Waals surface area contributed by atoms with Crippen LogP contribution in [0.25, 0.3) is 0 Å². The SMILES string of the molecule is Cc1nnc(CCNS(=O)(=O)c2ccc(Br)cc2)o1. The quantitative estimate of drug-likeness (QED) is 0.890. The Morgan fingerprint density at radius 1 is 1.26 bits per heavy atom. The number of rotatable bonds is 5. The molecule has 0 aliphatic carbocycles. The second-order valence-electron chi connectivity index (χ2n) is 3.82. The molecule has 0 radical (unpaired) electrons. The fourth-order valence-corrected chi connectivity index (χ4v) is 2.72. The van der Waals surface area contributed by atoms with Gasteiger partial charge in [-0.3, -0.25) is 0 Å². The van der Waals surface area contributed by atoms with Crippen LogP contribution in [0.4, 0.5) is 0 Å². The number of nitrogens with zero attached hydrogens (tertiary/aromatic N) is 2. The first-order valence-electron chi connectivity index (χ1n) is 5.51. The third-order valence-electron chi connectivity index (χ3n) is 2.32. The fraction of sp³-hybridized carbons (Fsp3) is 0.273. The highest BCUT2D eigenvalue weighted by atomic mass is 79.9. The van der Waals surface area contributed by atoms with E-state index in [1.165, 1.54) is 12.1 Å². The van der Waals surface area contributed by atoms with E-state index in [2.05, 4.69) is 30.8 Å². The van der Waals surface area contributed by atoms with E-state index in [0.29, 0.717) is 18.2 Å². The van der Waals surface area contributed by atoms with Gasteiger partial charge in [0.1, 0.15) is 0 Å². The van der Waals surface area contributed by atoms with Gasteiger partial charge >= 0.3 is 0 Å². The van der Waals surface area contributed by atoms with Crippen molar-refractivity contribution in [2.45, 2.75) is 18.2 Å². The van der Waals surface area contributed by atoms with Gasteiger partial charge in [-0.1, -0.05) is 15.9 Å². The van der Waals surface area contributed by atoms with Crippen molar-refractivity contribution < 1.29 is 12.8 Å². The Labute approximate surface area is 119 Å². The third kappa shape index (κ3) is 3.85. The van der Waals surface area contributed by atoms with Crippen molar-refractivity contribution in [1.29, 1.82) is 0 Å². The molecule has 0 fully saturated rings. The number of hydrogen-bond acceptors (Lipinski definition) is 5. The highest BCUT2D eigenvalue weighted by molar-refractivity contribution is 9.10. The molecule has 0 bridgehead atoms. The molecule has 0 atom stereocenters. The number of hydrogen-bond donors (Lipinski definition) is 1. The lowest BCUT2D eigenvalue weighted by atomic mass is 10.4. The summed E-state index contributed by atoms with van der Waals surface area (Å²) in [7, 11) is -3.50. The molecule has 1 aromatic heterocycles. The van der Waals surface area contributed by atoms with Crippen LogP contribution in [0.1, 0.15) is 11.8 Å². The van der Waals surface area contributed by atoms with Crippen LogP contribution in [-0.4, -0.2) is 25.2 Å². The Morgan fingerprint density at radius 3 is 2.53 bits per heavy atom. The zero-order valence-electron chi connectivity index (χ0n) is 10.1. The molecule has 2 rings (SSSR count). The molecule has 0 saturated heterocycles. The highest BCUT2D eigenvalue weighted by Crippen LogP contribution is 2.14. The van der Waals surface area contributed by atoms with Gasteiger partial charge in [-0.25, -0.2) is 13.1 Å². The summed E-state index contributed by atoms with van der Waals surface area (Å²) in [5.74, 6) is 0.877.